The Morgan fingerprint density at radius 3 is 1.20 bits per heavy atom. The van der Waals surface area contributed by atoms with Crippen molar-refractivity contribution in [3.63, 3.8) is 0 Å². The summed E-state index contributed by atoms with van der Waals surface area (Å²) >= 11 is 0. The monoisotopic (exact) mass is 292 g/mol. The fraction of sp³-hybridized carbons (Fsp3) is 0.944. The summed E-state index contributed by atoms with van der Waals surface area (Å²) in [6.45, 7) is 3.97. The van der Waals surface area contributed by atoms with Crippen molar-refractivity contribution in [1.29, 1.82) is 0 Å². The summed E-state index contributed by atoms with van der Waals surface area (Å²) in [6, 6.07) is 0. The van der Waals surface area contributed by atoms with E-state index in [4.69, 9.17) is 0 Å². The van der Waals surface area contributed by atoms with Crippen molar-refractivity contribution in [1.82, 2.24) is 0 Å². The average Bonchev–Trinajstić information content (AvgIpc) is 2.39. The molecular weight excluding hydrogens is 255 g/mol. The standard InChI is InChI=1S/C18H36O.Na.H/c1-3-4-5-6-7-8-9-10-11-12-13-14-15-16-17-18(2)19;;/h3-17H2,1-2H3;;. The van der Waals surface area contributed by atoms with Gasteiger partial charge in [-0.1, -0.05) is 90.4 Å². The van der Waals surface area contributed by atoms with E-state index < -0.39 is 0 Å². The van der Waals surface area contributed by atoms with Crippen LogP contribution in [0, 0.1) is 0 Å². The summed E-state index contributed by atoms with van der Waals surface area (Å²) in [5.41, 5.74) is 0. The van der Waals surface area contributed by atoms with E-state index in [1.165, 1.54) is 83.5 Å². The molecule has 20 heavy (non-hydrogen) atoms. The van der Waals surface area contributed by atoms with Gasteiger partial charge in [-0.2, -0.15) is 0 Å². The molecule has 0 rings (SSSR count). The van der Waals surface area contributed by atoms with Crippen molar-refractivity contribution in [3.8, 4) is 0 Å². The number of carbonyl (C=O) groups is 1. The minimum absolute atomic E-state index is 0. The first kappa shape index (κ1) is 22.9. The van der Waals surface area contributed by atoms with Crippen molar-refractivity contribution in [2.24, 2.45) is 0 Å². The molecular formula is C18H37NaO. The van der Waals surface area contributed by atoms with E-state index in [-0.39, 0.29) is 29.6 Å². The number of carbonyl (C=O) groups excluding carboxylic acids is 1. The summed E-state index contributed by atoms with van der Waals surface area (Å²) in [6.07, 6.45) is 20.1. The molecule has 0 spiro atoms. The molecule has 0 radical (unpaired) electrons. The molecule has 0 bridgehead atoms. The molecule has 0 atom stereocenters. The second kappa shape index (κ2) is 19.7. The van der Waals surface area contributed by atoms with Crippen LogP contribution in [0.1, 0.15) is 110 Å². The summed E-state index contributed by atoms with van der Waals surface area (Å²) in [5.74, 6) is 0.346. The maximum atomic E-state index is 10.8. The van der Waals surface area contributed by atoms with Crippen LogP contribution < -0.4 is 0 Å². The SMILES string of the molecule is CCCCCCCCCCCCCCCCC(C)=O.[NaH]. The molecule has 2 heteroatoms. The zero-order chi connectivity index (χ0) is 14.2. The molecule has 0 fully saturated rings. The second-order valence-electron chi connectivity index (χ2n) is 6.05. The van der Waals surface area contributed by atoms with Crippen LogP contribution in [0.5, 0.6) is 0 Å². The number of unbranched alkanes of at least 4 members (excludes halogenated alkanes) is 13. The Bertz CT molecular complexity index is 192. The third-order valence-electron chi connectivity index (χ3n) is 3.88. The fourth-order valence-electron chi connectivity index (χ4n) is 2.57. The van der Waals surface area contributed by atoms with Crippen LogP contribution >= 0.6 is 0 Å². The Morgan fingerprint density at radius 1 is 0.600 bits per heavy atom. The Morgan fingerprint density at radius 2 is 0.900 bits per heavy atom. The molecule has 0 unspecified atom stereocenters. The van der Waals surface area contributed by atoms with Gasteiger partial charge in [0.15, 0.2) is 0 Å². The second-order valence-corrected chi connectivity index (χ2v) is 6.05. The van der Waals surface area contributed by atoms with Gasteiger partial charge in [0.2, 0.25) is 0 Å². The number of ketones is 1. The normalized spacial score (nSPS) is 10.3. The van der Waals surface area contributed by atoms with E-state index in [2.05, 4.69) is 6.92 Å². The number of hydrogen-bond acceptors (Lipinski definition) is 1. The van der Waals surface area contributed by atoms with Gasteiger partial charge >= 0.3 is 29.6 Å². The van der Waals surface area contributed by atoms with Gasteiger partial charge in [0.25, 0.3) is 0 Å². The summed E-state index contributed by atoms with van der Waals surface area (Å²) in [4.78, 5) is 10.8. The van der Waals surface area contributed by atoms with Gasteiger partial charge in [-0.15, -0.1) is 0 Å². The first-order valence-electron chi connectivity index (χ1n) is 8.76. The van der Waals surface area contributed by atoms with E-state index in [1.54, 1.807) is 6.92 Å². The van der Waals surface area contributed by atoms with Crippen LogP contribution in [-0.2, 0) is 4.79 Å². The topological polar surface area (TPSA) is 17.1 Å². The van der Waals surface area contributed by atoms with E-state index in [0.717, 1.165) is 12.8 Å². The van der Waals surface area contributed by atoms with Gasteiger partial charge in [0.05, 0.1) is 0 Å². The molecule has 0 aromatic carbocycles. The molecule has 1 nitrogen and oxygen atoms in total. The summed E-state index contributed by atoms with van der Waals surface area (Å²) in [7, 11) is 0. The molecule has 0 aromatic rings. The molecule has 0 aromatic heterocycles. The third kappa shape index (κ3) is 21.0. The third-order valence-corrected chi connectivity index (χ3v) is 3.88. The van der Waals surface area contributed by atoms with Gasteiger partial charge in [-0.05, 0) is 13.3 Å². The minimum atomic E-state index is 0. The number of hydrogen-bond donors (Lipinski definition) is 0. The molecule has 116 valence electrons. The zero-order valence-electron chi connectivity index (χ0n) is 13.5. The van der Waals surface area contributed by atoms with Crippen LogP contribution in [0.25, 0.3) is 0 Å². The van der Waals surface area contributed by atoms with Gasteiger partial charge in [-0.3, -0.25) is 0 Å². The Hall–Kier alpha value is 0.670. The fourth-order valence-corrected chi connectivity index (χ4v) is 2.57. The van der Waals surface area contributed by atoms with Crippen molar-refractivity contribution in [2.45, 2.75) is 110 Å². The summed E-state index contributed by atoms with van der Waals surface area (Å²) in [5, 5.41) is 0. The van der Waals surface area contributed by atoms with Crippen molar-refractivity contribution in [2.75, 3.05) is 0 Å². The van der Waals surface area contributed by atoms with Crippen molar-refractivity contribution in [3.05, 3.63) is 0 Å². The Kier molecular flexibility index (Phi) is 22.6. The maximum absolute atomic E-state index is 10.8. The van der Waals surface area contributed by atoms with E-state index in [0.29, 0.717) is 5.78 Å². The summed E-state index contributed by atoms with van der Waals surface area (Å²) < 4.78 is 0. The van der Waals surface area contributed by atoms with Gasteiger partial charge in [-0.25, -0.2) is 0 Å². The van der Waals surface area contributed by atoms with Gasteiger partial charge < -0.3 is 4.79 Å². The predicted molar refractivity (Wildman–Crippen MR) is 92.8 cm³/mol. The molecule has 0 aliphatic heterocycles. The van der Waals surface area contributed by atoms with Crippen molar-refractivity contribution < 1.29 is 4.79 Å². The van der Waals surface area contributed by atoms with Crippen LogP contribution in [0.3, 0.4) is 0 Å². The molecule has 0 aliphatic carbocycles. The van der Waals surface area contributed by atoms with Crippen LogP contribution in [0.4, 0.5) is 0 Å². The zero-order valence-corrected chi connectivity index (χ0v) is 13.5. The van der Waals surface area contributed by atoms with Crippen LogP contribution in [-0.4, -0.2) is 35.3 Å². The molecule has 0 heterocycles. The van der Waals surface area contributed by atoms with E-state index in [9.17, 15) is 4.79 Å². The predicted octanol–water partition coefficient (Wildman–Crippen LogP) is 5.80. The van der Waals surface area contributed by atoms with Crippen molar-refractivity contribution >= 4 is 35.3 Å². The molecule has 0 saturated heterocycles. The number of rotatable bonds is 15. The first-order valence-corrected chi connectivity index (χ1v) is 8.76. The van der Waals surface area contributed by atoms with Crippen LogP contribution in [0.15, 0.2) is 0 Å². The molecule has 0 saturated carbocycles. The first-order chi connectivity index (χ1) is 9.27. The van der Waals surface area contributed by atoms with E-state index >= 15 is 0 Å². The molecule has 0 N–H and O–H groups in total. The van der Waals surface area contributed by atoms with Gasteiger partial charge in [0.1, 0.15) is 5.78 Å². The number of Topliss-reactive ketones (excluding diaryl/α,β-unsaturated/α-hetero) is 1. The van der Waals surface area contributed by atoms with Crippen LogP contribution in [0.2, 0.25) is 0 Å². The molecule has 0 aliphatic rings. The van der Waals surface area contributed by atoms with E-state index in [1.807, 2.05) is 0 Å². The Labute approximate surface area is 150 Å². The Balaban J connectivity index is 0. The quantitative estimate of drug-likeness (QED) is 0.275. The molecule has 0 amide bonds. The average molecular weight is 292 g/mol. The van der Waals surface area contributed by atoms with Gasteiger partial charge in [0, 0.05) is 6.42 Å².